The van der Waals surface area contributed by atoms with E-state index in [1.165, 1.54) is 32.1 Å². The predicted molar refractivity (Wildman–Crippen MR) is 113 cm³/mol. The van der Waals surface area contributed by atoms with Crippen LogP contribution in [0, 0.1) is 6.92 Å². The van der Waals surface area contributed by atoms with E-state index in [4.69, 9.17) is 4.74 Å². The maximum Gasteiger partial charge on any atom is 0.329 e. The number of carbonyl (C=O) groups excluding carboxylic acids is 5. The average Bonchev–Trinajstić information content (AvgIpc) is 3.28. The first kappa shape index (κ1) is 22.4. The summed E-state index contributed by atoms with van der Waals surface area (Å²) in [5.41, 5.74) is 1.31. The third-order valence-corrected chi connectivity index (χ3v) is 5.98. The number of benzene rings is 1. The molecular weight excluding hydrogens is 420 g/mol. The highest BCUT2D eigenvalue weighted by molar-refractivity contribution is 7.14. The highest BCUT2D eigenvalue weighted by atomic mass is 32.1. The molecule has 2 atom stereocenters. The predicted octanol–water partition coefficient (Wildman–Crippen LogP) is 2.49. The van der Waals surface area contributed by atoms with Crippen molar-refractivity contribution in [1.29, 1.82) is 0 Å². The van der Waals surface area contributed by atoms with Gasteiger partial charge >= 0.3 is 5.97 Å². The van der Waals surface area contributed by atoms with Crippen molar-refractivity contribution in [3.63, 3.8) is 0 Å². The van der Waals surface area contributed by atoms with Crippen LogP contribution in [0.25, 0.3) is 0 Å². The van der Waals surface area contributed by atoms with E-state index < -0.39 is 35.7 Å². The second kappa shape index (κ2) is 8.81. The molecule has 162 valence electrons. The van der Waals surface area contributed by atoms with E-state index in [0.717, 1.165) is 15.3 Å². The normalized spacial score (nSPS) is 14.8. The number of amides is 3. The third-order valence-electron chi connectivity index (χ3n) is 4.88. The Hall–Kier alpha value is -3.33. The van der Waals surface area contributed by atoms with Gasteiger partial charge in [0.2, 0.25) is 11.7 Å². The van der Waals surface area contributed by atoms with Crippen LogP contribution in [0.4, 0.5) is 0 Å². The average molecular weight is 442 g/mol. The molecule has 3 rings (SSSR count). The summed E-state index contributed by atoms with van der Waals surface area (Å²) in [4.78, 5) is 63.5. The van der Waals surface area contributed by atoms with Crippen molar-refractivity contribution >= 4 is 40.8 Å². The van der Waals surface area contributed by atoms with Gasteiger partial charge in [-0.2, -0.15) is 0 Å². The van der Waals surface area contributed by atoms with E-state index in [0.29, 0.717) is 11.4 Å². The SMILES string of the molecule is CC(=O)NCc1ccc(C(=O)C(C)OC(=O)C(C)N2C(=O)c3ccc(C)cc3C2=O)s1. The zero-order chi connectivity index (χ0) is 22.9. The van der Waals surface area contributed by atoms with Crippen molar-refractivity contribution < 1.29 is 28.7 Å². The molecule has 1 aliphatic rings. The fraction of sp³-hybridized carbons (Fsp3) is 0.318. The summed E-state index contributed by atoms with van der Waals surface area (Å²) in [6.07, 6.45) is -1.10. The second-order valence-corrected chi connectivity index (χ2v) is 8.49. The molecule has 1 N–H and O–H groups in total. The zero-order valence-electron chi connectivity index (χ0n) is 17.6. The number of esters is 1. The zero-order valence-corrected chi connectivity index (χ0v) is 18.4. The second-order valence-electron chi connectivity index (χ2n) is 7.32. The summed E-state index contributed by atoms with van der Waals surface area (Å²) in [5.74, 6) is -2.56. The molecule has 0 fully saturated rings. The van der Waals surface area contributed by atoms with E-state index >= 15 is 0 Å². The Bertz CT molecular complexity index is 1090. The Morgan fingerprint density at radius 1 is 1.06 bits per heavy atom. The molecule has 2 unspecified atom stereocenters. The molecule has 31 heavy (non-hydrogen) atoms. The van der Waals surface area contributed by atoms with E-state index in [1.807, 2.05) is 0 Å². The lowest BCUT2D eigenvalue weighted by Gasteiger charge is -2.22. The molecule has 1 aromatic heterocycles. The van der Waals surface area contributed by atoms with Gasteiger partial charge in [-0.05, 0) is 45.0 Å². The summed E-state index contributed by atoms with van der Waals surface area (Å²) in [5, 5.41) is 2.65. The lowest BCUT2D eigenvalue weighted by molar-refractivity contribution is -0.150. The number of hydrogen-bond acceptors (Lipinski definition) is 7. The van der Waals surface area contributed by atoms with Gasteiger partial charge in [0.1, 0.15) is 6.04 Å². The summed E-state index contributed by atoms with van der Waals surface area (Å²) >= 11 is 1.19. The van der Waals surface area contributed by atoms with Gasteiger partial charge in [-0.15, -0.1) is 11.3 Å². The highest BCUT2D eigenvalue weighted by Gasteiger charge is 2.42. The van der Waals surface area contributed by atoms with Crippen LogP contribution in [-0.2, 0) is 20.9 Å². The van der Waals surface area contributed by atoms with E-state index in [2.05, 4.69) is 5.32 Å². The Labute approximate surface area is 183 Å². The standard InChI is InChI=1S/C22H22N2O6S/c1-11-5-7-16-17(9-11)21(28)24(20(16)27)12(2)22(29)30-13(3)19(26)18-8-6-15(31-18)10-23-14(4)25/h5-9,12-13H,10H2,1-4H3,(H,23,25). The molecular formula is C22H22N2O6S. The maximum absolute atomic E-state index is 12.7. The fourth-order valence-corrected chi connectivity index (χ4v) is 4.14. The number of hydrogen-bond donors (Lipinski definition) is 1. The number of aryl methyl sites for hydroxylation is 1. The number of nitrogens with one attached hydrogen (secondary N) is 1. The molecule has 2 aromatic rings. The highest BCUT2D eigenvalue weighted by Crippen LogP contribution is 2.26. The van der Waals surface area contributed by atoms with Crippen molar-refractivity contribution in [2.45, 2.75) is 46.4 Å². The quantitative estimate of drug-likeness (QED) is 0.401. The Morgan fingerprint density at radius 3 is 2.42 bits per heavy atom. The fourth-order valence-electron chi connectivity index (χ4n) is 3.17. The molecule has 3 amide bonds. The van der Waals surface area contributed by atoms with Gasteiger partial charge in [0.25, 0.3) is 11.8 Å². The van der Waals surface area contributed by atoms with Gasteiger partial charge in [0.05, 0.1) is 22.5 Å². The first-order valence-corrected chi connectivity index (χ1v) is 10.5. The van der Waals surface area contributed by atoms with Crippen LogP contribution in [0.1, 0.15) is 61.6 Å². The van der Waals surface area contributed by atoms with Crippen LogP contribution in [-0.4, -0.2) is 46.5 Å². The van der Waals surface area contributed by atoms with E-state index in [-0.39, 0.29) is 17.0 Å². The Kier molecular flexibility index (Phi) is 6.35. The monoisotopic (exact) mass is 442 g/mol. The molecule has 0 radical (unpaired) electrons. The number of carbonyl (C=O) groups is 5. The lowest BCUT2D eigenvalue weighted by atomic mass is 10.1. The minimum absolute atomic E-state index is 0.180. The molecule has 0 saturated heterocycles. The number of Topliss-reactive ketones (excluding diaryl/α,β-unsaturated/α-hetero) is 1. The first-order chi connectivity index (χ1) is 14.6. The van der Waals surface area contributed by atoms with Gasteiger partial charge in [0, 0.05) is 11.8 Å². The maximum atomic E-state index is 12.7. The molecule has 0 aliphatic carbocycles. The van der Waals surface area contributed by atoms with Crippen LogP contribution >= 0.6 is 11.3 Å². The molecule has 8 nitrogen and oxygen atoms in total. The number of rotatable bonds is 7. The molecule has 1 aromatic carbocycles. The summed E-state index contributed by atoms with van der Waals surface area (Å²) in [6, 6.07) is 7.02. The van der Waals surface area contributed by atoms with E-state index in [1.54, 1.807) is 37.3 Å². The number of ether oxygens (including phenoxy) is 1. The molecule has 9 heteroatoms. The number of thiophene rings is 1. The van der Waals surface area contributed by atoms with Crippen LogP contribution < -0.4 is 5.32 Å². The van der Waals surface area contributed by atoms with Crippen molar-refractivity contribution in [2.24, 2.45) is 0 Å². The molecule has 0 saturated carbocycles. The minimum atomic E-state index is -1.18. The van der Waals surface area contributed by atoms with Crippen molar-refractivity contribution in [3.05, 3.63) is 56.8 Å². The Morgan fingerprint density at radius 2 is 1.74 bits per heavy atom. The van der Waals surface area contributed by atoms with Crippen LogP contribution in [0.3, 0.4) is 0 Å². The van der Waals surface area contributed by atoms with Gasteiger partial charge < -0.3 is 10.1 Å². The van der Waals surface area contributed by atoms with Crippen molar-refractivity contribution in [3.8, 4) is 0 Å². The smallest absolute Gasteiger partial charge is 0.329 e. The van der Waals surface area contributed by atoms with Gasteiger partial charge in [-0.25, -0.2) is 4.79 Å². The van der Waals surface area contributed by atoms with Crippen molar-refractivity contribution in [1.82, 2.24) is 10.2 Å². The third kappa shape index (κ3) is 4.56. The Balaban J connectivity index is 1.66. The van der Waals surface area contributed by atoms with Crippen LogP contribution in [0.15, 0.2) is 30.3 Å². The topological polar surface area (TPSA) is 110 Å². The molecule has 0 bridgehead atoms. The minimum Gasteiger partial charge on any atom is -0.453 e. The van der Waals surface area contributed by atoms with Crippen LogP contribution in [0.2, 0.25) is 0 Å². The number of ketones is 1. The summed E-state index contributed by atoms with van der Waals surface area (Å²) < 4.78 is 5.27. The lowest BCUT2D eigenvalue weighted by Crippen LogP contribution is -2.45. The number of nitrogens with zero attached hydrogens (tertiary/aromatic N) is 1. The largest absolute Gasteiger partial charge is 0.453 e. The van der Waals surface area contributed by atoms with Gasteiger partial charge in [0.15, 0.2) is 6.10 Å². The van der Waals surface area contributed by atoms with E-state index in [9.17, 15) is 24.0 Å². The molecule has 1 aliphatic heterocycles. The molecule has 0 spiro atoms. The number of fused-ring (bicyclic) bond motifs is 1. The van der Waals surface area contributed by atoms with Crippen molar-refractivity contribution in [2.75, 3.05) is 0 Å². The summed E-state index contributed by atoms with van der Waals surface area (Å²) in [6.45, 7) is 6.34. The summed E-state index contributed by atoms with van der Waals surface area (Å²) in [7, 11) is 0. The van der Waals surface area contributed by atoms with Gasteiger partial charge in [-0.3, -0.25) is 24.1 Å². The number of imide groups is 1. The molecule has 2 heterocycles. The van der Waals surface area contributed by atoms with Gasteiger partial charge in [-0.1, -0.05) is 11.6 Å². The first-order valence-electron chi connectivity index (χ1n) is 9.66. The van der Waals surface area contributed by atoms with Crippen LogP contribution in [0.5, 0.6) is 0 Å².